The number of rotatable bonds is 6. The Bertz CT molecular complexity index is 471. The van der Waals surface area contributed by atoms with Crippen LogP contribution < -0.4 is 5.32 Å². The molecule has 1 rings (SSSR count). The van der Waals surface area contributed by atoms with Gasteiger partial charge in [-0.25, -0.2) is 4.57 Å². The number of nitrogens with one attached hydrogen (secondary N) is 1. The lowest BCUT2D eigenvalue weighted by molar-refractivity contribution is -0.391. The molecule has 0 fully saturated rings. The molecule has 6 nitrogen and oxygen atoms in total. The van der Waals surface area contributed by atoms with Gasteiger partial charge >= 0.3 is 5.82 Å². The van der Waals surface area contributed by atoms with E-state index in [-0.39, 0.29) is 17.8 Å². The van der Waals surface area contributed by atoms with Crippen LogP contribution in [0, 0.1) is 16.0 Å². The molecule has 0 saturated heterocycles. The summed E-state index contributed by atoms with van der Waals surface area (Å²) in [5.41, 5.74) is 0.293. The number of hydrogen-bond acceptors (Lipinski definition) is 3. The fraction of sp³-hybridized carbons (Fsp3) is 0.583. The maximum Gasteiger partial charge on any atom is 0.323 e. The summed E-state index contributed by atoms with van der Waals surface area (Å²) >= 11 is 3.36. The van der Waals surface area contributed by atoms with Crippen molar-refractivity contribution in [3.8, 4) is 0 Å². The van der Waals surface area contributed by atoms with Gasteiger partial charge in [-0.3, -0.25) is 4.79 Å². The van der Waals surface area contributed by atoms with E-state index in [9.17, 15) is 14.9 Å². The normalized spacial score (nSPS) is 12.5. The third-order valence-corrected chi connectivity index (χ3v) is 3.57. The number of nitrogens with zero attached hydrogens (tertiary/aromatic N) is 2. The fourth-order valence-electron chi connectivity index (χ4n) is 1.90. The van der Waals surface area contributed by atoms with Crippen LogP contribution in [0.1, 0.15) is 30.8 Å². The summed E-state index contributed by atoms with van der Waals surface area (Å²) in [5.74, 6) is 0.0794. The number of halogens is 1. The lowest BCUT2D eigenvalue weighted by Gasteiger charge is -2.17. The Morgan fingerprint density at radius 1 is 1.53 bits per heavy atom. The molecule has 0 spiro atoms. The van der Waals surface area contributed by atoms with Gasteiger partial charge in [0.15, 0.2) is 5.69 Å². The third-order valence-electron chi connectivity index (χ3n) is 2.79. The summed E-state index contributed by atoms with van der Waals surface area (Å²) in [6.45, 7) is 4.16. The minimum absolute atomic E-state index is 0.0152. The molecule has 106 valence electrons. The minimum atomic E-state index is -0.507. The molecule has 0 aliphatic heterocycles. The minimum Gasteiger partial charge on any atom is -0.358 e. The zero-order valence-corrected chi connectivity index (χ0v) is 12.8. The van der Waals surface area contributed by atoms with Gasteiger partial charge in [0.25, 0.3) is 5.91 Å². The Morgan fingerprint density at radius 3 is 2.58 bits per heavy atom. The van der Waals surface area contributed by atoms with E-state index in [4.69, 9.17) is 0 Å². The molecule has 1 heterocycles. The molecule has 7 heteroatoms. The highest BCUT2D eigenvalue weighted by molar-refractivity contribution is 9.09. The molecule has 0 radical (unpaired) electrons. The van der Waals surface area contributed by atoms with Gasteiger partial charge in [0.05, 0.1) is 7.05 Å². The number of aromatic nitrogens is 1. The molecule has 1 aromatic rings. The highest BCUT2D eigenvalue weighted by atomic mass is 79.9. The number of alkyl halides is 1. The van der Waals surface area contributed by atoms with E-state index in [1.165, 1.54) is 23.7 Å². The molecule has 0 aliphatic carbocycles. The largest absolute Gasteiger partial charge is 0.358 e. The van der Waals surface area contributed by atoms with Crippen molar-refractivity contribution in [1.82, 2.24) is 9.88 Å². The number of amides is 1. The molecule has 1 N–H and O–H groups in total. The highest BCUT2D eigenvalue weighted by Gasteiger charge is 2.22. The maximum atomic E-state index is 12.1. The summed E-state index contributed by atoms with van der Waals surface area (Å²) in [4.78, 5) is 22.3. The Hall–Kier alpha value is -1.37. The molecule has 1 atom stereocenters. The van der Waals surface area contributed by atoms with Gasteiger partial charge in [0.2, 0.25) is 0 Å². The predicted octanol–water partition coefficient (Wildman–Crippen LogP) is 2.47. The number of carbonyl (C=O) groups excluding carboxylic acids is 1. The molecule has 0 aromatic carbocycles. The zero-order chi connectivity index (χ0) is 14.6. The summed E-state index contributed by atoms with van der Waals surface area (Å²) in [6, 6.07) is 2.82. The van der Waals surface area contributed by atoms with Crippen molar-refractivity contribution < 1.29 is 9.72 Å². The molecule has 19 heavy (non-hydrogen) atoms. The topological polar surface area (TPSA) is 77.2 Å². The van der Waals surface area contributed by atoms with Gasteiger partial charge in [0.1, 0.15) is 0 Å². The van der Waals surface area contributed by atoms with Gasteiger partial charge in [-0.2, -0.15) is 0 Å². The van der Waals surface area contributed by atoms with Crippen LogP contribution in [-0.2, 0) is 7.05 Å². The Balaban J connectivity index is 2.80. The zero-order valence-electron chi connectivity index (χ0n) is 11.2. The quantitative estimate of drug-likeness (QED) is 0.494. The summed E-state index contributed by atoms with van der Waals surface area (Å²) in [5, 5.41) is 14.3. The molecular formula is C12H18BrN3O3. The highest BCUT2D eigenvalue weighted by Crippen LogP contribution is 2.15. The van der Waals surface area contributed by atoms with Crippen molar-refractivity contribution in [2.24, 2.45) is 13.0 Å². The Morgan fingerprint density at radius 2 is 2.16 bits per heavy atom. The second kappa shape index (κ2) is 6.70. The van der Waals surface area contributed by atoms with E-state index in [1.807, 2.05) is 0 Å². The van der Waals surface area contributed by atoms with Crippen molar-refractivity contribution in [3.63, 3.8) is 0 Å². The first-order valence-electron chi connectivity index (χ1n) is 6.03. The van der Waals surface area contributed by atoms with Crippen molar-refractivity contribution in [1.29, 1.82) is 0 Å². The van der Waals surface area contributed by atoms with E-state index >= 15 is 0 Å². The van der Waals surface area contributed by atoms with E-state index < -0.39 is 4.92 Å². The van der Waals surface area contributed by atoms with Crippen molar-refractivity contribution in [2.75, 3.05) is 5.33 Å². The monoisotopic (exact) mass is 331 g/mol. The summed E-state index contributed by atoms with van der Waals surface area (Å²) < 4.78 is 1.29. The van der Waals surface area contributed by atoms with Gasteiger partial charge in [-0.1, -0.05) is 29.8 Å². The van der Waals surface area contributed by atoms with E-state index in [1.54, 1.807) is 0 Å². The molecular weight excluding hydrogens is 314 g/mol. The van der Waals surface area contributed by atoms with Crippen LogP contribution in [0.15, 0.2) is 12.1 Å². The van der Waals surface area contributed by atoms with Crippen LogP contribution in [0.4, 0.5) is 5.82 Å². The number of hydrogen-bond donors (Lipinski definition) is 1. The predicted molar refractivity (Wildman–Crippen MR) is 76.6 cm³/mol. The van der Waals surface area contributed by atoms with Gasteiger partial charge in [-0.15, -0.1) is 0 Å². The molecule has 1 amide bonds. The van der Waals surface area contributed by atoms with Gasteiger partial charge in [0, 0.05) is 17.4 Å². The van der Waals surface area contributed by atoms with Crippen LogP contribution in [0.5, 0.6) is 0 Å². The second-order valence-electron chi connectivity index (χ2n) is 4.85. The average Bonchev–Trinajstić information content (AvgIpc) is 2.69. The van der Waals surface area contributed by atoms with Crippen LogP contribution in [0.25, 0.3) is 0 Å². The number of nitro groups is 1. The van der Waals surface area contributed by atoms with Crippen molar-refractivity contribution in [3.05, 3.63) is 27.9 Å². The summed E-state index contributed by atoms with van der Waals surface area (Å²) in [7, 11) is 1.51. The SMILES string of the molecule is CC(C)CC(CBr)NC(=O)c1ccc([N+](=O)[O-])n1C. The van der Waals surface area contributed by atoms with E-state index in [0.29, 0.717) is 16.9 Å². The van der Waals surface area contributed by atoms with Crippen LogP contribution >= 0.6 is 15.9 Å². The molecule has 1 aromatic heterocycles. The lowest BCUT2D eigenvalue weighted by atomic mass is 10.1. The first kappa shape index (κ1) is 15.7. The van der Waals surface area contributed by atoms with E-state index in [2.05, 4.69) is 35.1 Å². The smallest absolute Gasteiger partial charge is 0.323 e. The second-order valence-corrected chi connectivity index (χ2v) is 5.49. The first-order chi connectivity index (χ1) is 8.86. The fourth-order valence-corrected chi connectivity index (χ4v) is 2.33. The molecule has 0 bridgehead atoms. The van der Waals surface area contributed by atoms with Crippen molar-refractivity contribution >= 4 is 27.7 Å². The lowest BCUT2D eigenvalue weighted by Crippen LogP contribution is -2.37. The average molecular weight is 332 g/mol. The Kier molecular flexibility index (Phi) is 5.53. The standard InChI is InChI=1S/C12H18BrN3O3/c1-8(2)6-9(7-13)14-12(17)10-4-5-11(15(10)3)16(18)19/h4-5,8-9H,6-7H2,1-3H3,(H,14,17). The summed E-state index contributed by atoms with van der Waals surface area (Å²) in [6.07, 6.45) is 0.851. The molecule has 0 saturated carbocycles. The van der Waals surface area contributed by atoms with Crippen LogP contribution in [-0.4, -0.2) is 26.8 Å². The van der Waals surface area contributed by atoms with Crippen molar-refractivity contribution in [2.45, 2.75) is 26.3 Å². The van der Waals surface area contributed by atoms with Crippen LogP contribution in [0.3, 0.4) is 0 Å². The van der Waals surface area contributed by atoms with Gasteiger partial charge < -0.3 is 15.4 Å². The first-order valence-corrected chi connectivity index (χ1v) is 7.15. The Labute approximate surface area is 120 Å². The van der Waals surface area contributed by atoms with Gasteiger partial charge in [-0.05, 0) is 23.3 Å². The molecule has 0 aliphatic rings. The maximum absolute atomic E-state index is 12.1. The number of carbonyl (C=O) groups is 1. The molecule has 1 unspecified atom stereocenters. The van der Waals surface area contributed by atoms with E-state index in [0.717, 1.165) is 6.42 Å². The van der Waals surface area contributed by atoms with Crippen LogP contribution in [0.2, 0.25) is 0 Å². The third kappa shape index (κ3) is 4.05.